The van der Waals surface area contributed by atoms with E-state index in [1.807, 2.05) is 0 Å². The Morgan fingerprint density at radius 3 is 1.24 bits per heavy atom. The molecule has 2 aliphatic heterocycles. The largest absolute Gasteiger partial charge is 0.470 e. The summed E-state index contributed by atoms with van der Waals surface area (Å²) in [6.45, 7) is 3.14. The minimum atomic E-state index is -6.34. The third kappa shape index (κ3) is 13.1. The predicted octanol–water partition coefficient (Wildman–Crippen LogP) is 7.95. The van der Waals surface area contributed by atoms with Gasteiger partial charge in [-0.05, 0) is 139 Å². The van der Waals surface area contributed by atoms with E-state index in [0.29, 0.717) is 74.4 Å². The fraction of sp³-hybridized carbons (Fsp3) is 0.952. The Morgan fingerprint density at radius 2 is 0.926 bits per heavy atom. The Morgan fingerprint density at radius 1 is 0.603 bits per heavy atom. The van der Waals surface area contributed by atoms with Crippen LogP contribution in [0.5, 0.6) is 0 Å². The number of ether oxygens (including phenoxy) is 6. The summed E-state index contributed by atoms with van der Waals surface area (Å²) in [4.78, 5) is 23.3. The first-order chi connectivity index (χ1) is 31.3. The molecule has 10 rings (SSSR count). The molecule has 0 spiro atoms. The molecule has 14 nitrogen and oxygen atoms in total. The van der Waals surface area contributed by atoms with Crippen LogP contribution >= 0.6 is 0 Å². The second-order valence-corrected chi connectivity index (χ2v) is 23.7. The van der Waals surface area contributed by atoms with Gasteiger partial charge in [0, 0.05) is 23.7 Å². The third-order valence-corrected chi connectivity index (χ3v) is 16.7. The van der Waals surface area contributed by atoms with Crippen molar-refractivity contribution in [2.45, 2.75) is 163 Å². The van der Waals surface area contributed by atoms with Gasteiger partial charge in [0.25, 0.3) is 6.43 Å². The molecule has 8 saturated carbocycles. The Hall–Kier alpha value is -2.10. The first kappa shape index (κ1) is 55.2. The Bertz CT molecular complexity index is 1920. The monoisotopic (exact) mass is 1040 g/mol. The predicted molar refractivity (Wildman–Crippen MR) is 214 cm³/mol. The van der Waals surface area contributed by atoms with E-state index in [9.17, 15) is 69.8 Å². The molecule has 10 fully saturated rings. The zero-order valence-corrected chi connectivity index (χ0v) is 39.2. The average molecular weight is 1040 g/mol. The van der Waals surface area contributed by atoms with Gasteiger partial charge in [-0.1, -0.05) is 3.89 Å². The maximum Gasteiger partial charge on any atom is 0.470 e. The van der Waals surface area contributed by atoms with E-state index in [2.05, 4.69) is 8.92 Å². The second kappa shape index (κ2) is 20.4. The average Bonchev–Trinajstić information content (AvgIpc) is 3.20. The number of carbonyl (C=O) groups is 2. The molecule has 68 heavy (non-hydrogen) atoms. The van der Waals surface area contributed by atoms with Crippen LogP contribution in [0.2, 0.25) is 0 Å². The first-order valence-corrected chi connectivity index (χ1v) is 25.6. The van der Waals surface area contributed by atoms with Crippen LogP contribution < -0.4 is 0 Å². The molecule has 394 valence electrons. The molecule has 8 aliphatic carbocycles. The fourth-order valence-corrected chi connectivity index (χ4v) is 13.7. The number of aliphatic hydroxyl groups is 1. The van der Waals surface area contributed by atoms with Crippen LogP contribution in [0.25, 0.3) is 0 Å². The highest BCUT2D eigenvalue weighted by molar-refractivity contribution is 7.88. The number of hydrogen-bond donors (Lipinski definition) is 1. The Balaban J connectivity index is 0.000000189. The summed E-state index contributed by atoms with van der Waals surface area (Å²) >= 11 is 0. The molecule has 2 saturated heterocycles. The van der Waals surface area contributed by atoms with E-state index in [-0.39, 0.29) is 38.3 Å². The standard InChI is InChI=1S/C21H29F5O7S.C13H17F3O4S.C8H14F2O3/c1-18(31-3-2-4-32-18)11-16(20(22,23)24)33-34(28,29)21(25,26)17(27)30-12-19-8-13-5-14(9-19)7-15(6-13)10-19;14-13(15,21(16,18)19)11(17)20-7-12-4-8-1-9(5-12)3-10(2-8)6-12;1-8(5-6(11)7(9)10)12-3-2-4-13-8/h13-16H,2-12H2,1H3;8-10H,1-7H2;6-7,11H,2-5H2,1H3. The molecule has 2 unspecified atom stereocenters. The van der Waals surface area contributed by atoms with Gasteiger partial charge < -0.3 is 33.5 Å². The number of aliphatic hydroxyl groups excluding tert-OH is 1. The minimum absolute atomic E-state index is 0.0423. The molecule has 2 atom stereocenters. The SMILES string of the molecule is CC1(CC(O)C(F)F)OCCCO1.CC1(CC(OS(=O)(=O)C(F)(F)C(=O)OCC23CC4CC(CC(C4)C2)C3)C(F)(F)F)OCCCO1.O=C(OCC12CC3CC(CC(C3)C1)C2)C(F)(F)S(=O)(=O)F. The highest BCUT2D eigenvalue weighted by Gasteiger charge is 2.62. The van der Waals surface area contributed by atoms with Gasteiger partial charge >= 0.3 is 49.0 Å². The molecule has 0 aromatic heterocycles. The normalized spacial score (nSPS) is 33.7. The third-order valence-electron chi connectivity index (χ3n) is 14.7. The summed E-state index contributed by atoms with van der Waals surface area (Å²) in [6.07, 6.45) is -2.06. The van der Waals surface area contributed by atoms with Gasteiger partial charge in [0.2, 0.25) is 0 Å². The zero-order valence-electron chi connectivity index (χ0n) is 37.6. The maximum atomic E-state index is 14.6. The lowest BCUT2D eigenvalue weighted by atomic mass is 9.50. The second-order valence-electron chi connectivity index (χ2n) is 20.7. The lowest BCUT2D eigenvalue weighted by Crippen LogP contribution is -2.51. The molecule has 0 aromatic rings. The molecule has 0 aromatic carbocycles. The summed E-state index contributed by atoms with van der Waals surface area (Å²) in [6, 6.07) is 0. The van der Waals surface area contributed by atoms with Crippen molar-refractivity contribution < 1.29 is 108 Å². The first-order valence-electron chi connectivity index (χ1n) is 22.8. The Kier molecular flexibility index (Phi) is 16.6. The summed E-state index contributed by atoms with van der Waals surface area (Å²) in [7, 11) is -12.6. The van der Waals surface area contributed by atoms with Gasteiger partial charge in [0.1, 0.15) is 6.10 Å². The van der Waals surface area contributed by atoms with Crippen molar-refractivity contribution in [1.29, 1.82) is 0 Å². The van der Waals surface area contributed by atoms with E-state index >= 15 is 0 Å². The van der Waals surface area contributed by atoms with Gasteiger partial charge in [-0.2, -0.15) is 47.6 Å². The minimum Gasteiger partial charge on any atom is -0.460 e. The molecule has 2 heterocycles. The van der Waals surface area contributed by atoms with Crippen LogP contribution in [-0.2, 0) is 62.5 Å². The molecule has 8 bridgehead atoms. The summed E-state index contributed by atoms with van der Waals surface area (Å²) in [5.41, 5.74) is -0.801. The molecule has 0 amide bonds. The van der Waals surface area contributed by atoms with E-state index in [1.54, 1.807) is 6.92 Å². The summed E-state index contributed by atoms with van der Waals surface area (Å²) in [5, 5.41) is -1.49. The van der Waals surface area contributed by atoms with Crippen molar-refractivity contribution in [3.05, 3.63) is 0 Å². The van der Waals surface area contributed by atoms with Gasteiger partial charge in [-0.25, -0.2) is 18.4 Å². The Labute approximate surface area is 388 Å². The highest BCUT2D eigenvalue weighted by atomic mass is 32.3. The number of esters is 2. The smallest absolute Gasteiger partial charge is 0.460 e. The number of carbonyl (C=O) groups excluding carboxylic acids is 2. The summed E-state index contributed by atoms with van der Waals surface area (Å²) < 4.78 is 211. The van der Waals surface area contributed by atoms with Gasteiger partial charge in [-0.3, -0.25) is 4.18 Å². The number of alkyl halides is 9. The van der Waals surface area contributed by atoms with Crippen molar-refractivity contribution in [2.24, 2.45) is 46.3 Å². The van der Waals surface area contributed by atoms with Crippen LogP contribution in [-0.4, -0.2) is 120 Å². The van der Waals surface area contributed by atoms with Crippen molar-refractivity contribution >= 4 is 32.3 Å². The molecule has 1 N–H and O–H groups in total. The van der Waals surface area contributed by atoms with Crippen LogP contribution in [0, 0.1) is 46.3 Å². The molecule has 26 heteroatoms. The van der Waals surface area contributed by atoms with Gasteiger partial charge in [0.15, 0.2) is 17.7 Å². The van der Waals surface area contributed by atoms with Crippen LogP contribution in [0.1, 0.15) is 117 Å². The number of hydrogen-bond acceptors (Lipinski definition) is 14. The molecular weight excluding hydrogens is 983 g/mol. The van der Waals surface area contributed by atoms with Crippen LogP contribution in [0.4, 0.5) is 43.4 Å². The van der Waals surface area contributed by atoms with Gasteiger partial charge in [-0.15, -0.1) is 0 Å². The van der Waals surface area contributed by atoms with E-state index in [4.69, 9.17) is 28.8 Å². The fourth-order valence-electron chi connectivity index (χ4n) is 12.6. The zero-order chi connectivity index (χ0) is 50.4. The van der Waals surface area contributed by atoms with E-state index in [1.165, 1.54) is 0 Å². The maximum absolute atomic E-state index is 14.6. The van der Waals surface area contributed by atoms with Crippen molar-refractivity contribution in [2.75, 3.05) is 39.6 Å². The number of rotatable bonds is 15. The highest BCUT2D eigenvalue weighted by Crippen LogP contribution is 2.61. The van der Waals surface area contributed by atoms with E-state index < -0.39 is 91.0 Å². The lowest BCUT2D eigenvalue weighted by molar-refractivity contribution is -0.288. The lowest BCUT2D eigenvalue weighted by Gasteiger charge is -2.56. The molecule has 0 radical (unpaired) electrons. The number of halogens is 10. The van der Waals surface area contributed by atoms with Gasteiger partial charge in [0.05, 0.1) is 39.6 Å². The molecule has 10 aliphatic rings. The van der Waals surface area contributed by atoms with Crippen molar-refractivity contribution in [1.82, 2.24) is 0 Å². The van der Waals surface area contributed by atoms with Crippen LogP contribution in [0.15, 0.2) is 0 Å². The summed E-state index contributed by atoms with van der Waals surface area (Å²) in [5.74, 6) is -4.76. The van der Waals surface area contributed by atoms with Crippen molar-refractivity contribution in [3.63, 3.8) is 0 Å². The quantitative estimate of drug-likeness (QED) is 0.0721. The topological polar surface area (TPSA) is 187 Å². The van der Waals surface area contributed by atoms with Crippen molar-refractivity contribution in [3.8, 4) is 0 Å². The van der Waals surface area contributed by atoms with E-state index in [0.717, 1.165) is 71.1 Å². The molecular formula is C42H60F10O14S2. The van der Waals surface area contributed by atoms with Crippen LogP contribution in [0.3, 0.4) is 0 Å².